The first-order valence-electron chi connectivity index (χ1n) is 9.36. The van der Waals surface area contributed by atoms with Crippen molar-refractivity contribution in [1.82, 2.24) is 14.5 Å². The molecule has 0 amide bonds. The predicted molar refractivity (Wildman–Crippen MR) is 110 cm³/mol. The van der Waals surface area contributed by atoms with E-state index in [9.17, 15) is 4.79 Å². The van der Waals surface area contributed by atoms with Gasteiger partial charge in [-0.05, 0) is 56.3 Å². The maximum atomic E-state index is 12.8. The third kappa shape index (κ3) is 3.84. The summed E-state index contributed by atoms with van der Waals surface area (Å²) in [6.45, 7) is 3.79. The lowest BCUT2D eigenvalue weighted by atomic mass is 10.2. The second-order valence-corrected chi connectivity index (χ2v) is 7.25. The number of ether oxygens (including phenoxy) is 2. The van der Waals surface area contributed by atoms with E-state index in [1.807, 2.05) is 12.1 Å². The molecule has 4 rings (SSSR count). The molecule has 1 aromatic heterocycles. The first-order chi connectivity index (χ1) is 13.7. The summed E-state index contributed by atoms with van der Waals surface area (Å²) >= 11 is 5.99. The lowest BCUT2D eigenvalue weighted by Crippen LogP contribution is -2.25. The van der Waals surface area contributed by atoms with Gasteiger partial charge in [0.15, 0.2) is 11.5 Å². The Morgan fingerprint density at radius 1 is 1.11 bits per heavy atom. The smallest absolute Gasteiger partial charge is 0.265 e. The molecule has 2 aromatic carbocycles. The van der Waals surface area contributed by atoms with Gasteiger partial charge in [-0.2, -0.15) is 0 Å². The number of likely N-dealkylation sites (tertiary alicyclic amines) is 1. The maximum Gasteiger partial charge on any atom is 0.265 e. The van der Waals surface area contributed by atoms with Crippen LogP contribution in [0, 0.1) is 0 Å². The molecule has 3 aromatic rings. The number of hydrogen-bond acceptors (Lipinski definition) is 5. The molecule has 28 heavy (non-hydrogen) atoms. The number of aromatic nitrogens is 2. The molecule has 0 radical (unpaired) electrons. The van der Waals surface area contributed by atoms with Gasteiger partial charge < -0.3 is 9.47 Å². The molecule has 0 saturated carbocycles. The highest BCUT2D eigenvalue weighted by Gasteiger charge is 2.13. The fourth-order valence-electron chi connectivity index (χ4n) is 3.49. The van der Waals surface area contributed by atoms with E-state index in [1.54, 1.807) is 31.4 Å². The zero-order chi connectivity index (χ0) is 19.5. The quantitative estimate of drug-likeness (QED) is 0.634. The normalized spacial score (nSPS) is 14.5. The monoisotopic (exact) mass is 399 g/mol. The summed E-state index contributed by atoms with van der Waals surface area (Å²) in [4.78, 5) is 19.6. The molecule has 1 aliphatic heterocycles. The summed E-state index contributed by atoms with van der Waals surface area (Å²) in [6, 6.07) is 10.5. The molecular weight excluding hydrogens is 378 g/mol. The van der Waals surface area contributed by atoms with E-state index in [1.165, 1.54) is 23.7 Å². The van der Waals surface area contributed by atoms with E-state index in [2.05, 4.69) is 9.88 Å². The summed E-state index contributed by atoms with van der Waals surface area (Å²) < 4.78 is 12.9. The van der Waals surface area contributed by atoms with Gasteiger partial charge in [0, 0.05) is 17.6 Å². The Morgan fingerprint density at radius 2 is 1.93 bits per heavy atom. The van der Waals surface area contributed by atoms with Gasteiger partial charge in [-0.3, -0.25) is 14.3 Å². The van der Waals surface area contributed by atoms with E-state index in [0.717, 1.165) is 19.6 Å². The molecule has 0 unspecified atom stereocenters. The molecule has 6 nitrogen and oxygen atoms in total. The molecule has 1 saturated heterocycles. The summed E-state index contributed by atoms with van der Waals surface area (Å²) in [6.07, 6.45) is 4.03. The third-order valence-electron chi connectivity index (χ3n) is 5.01. The summed E-state index contributed by atoms with van der Waals surface area (Å²) in [5.41, 5.74) is 1.08. The van der Waals surface area contributed by atoms with Gasteiger partial charge in [0.1, 0.15) is 12.9 Å². The van der Waals surface area contributed by atoms with Crippen LogP contribution in [0.2, 0.25) is 5.02 Å². The SMILES string of the molecule is COc1cc(-n2cnc3cc(Cl)ccc3c2=O)ccc1OCCN1CCCC1. The number of methoxy groups -OCH3 is 1. The number of halogens is 1. The first-order valence-corrected chi connectivity index (χ1v) is 9.74. The van der Waals surface area contributed by atoms with Gasteiger partial charge in [-0.15, -0.1) is 0 Å². The number of fused-ring (bicyclic) bond motifs is 1. The first kappa shape index (κ1) is 18.8. The number of hydrogen-bond donors (Lipinski definition) is 0. The van der Waals surface area contributed by atoms with Crippen molar-refractivity contribution < 1.29 is 9.47 Å². The maximum absolute atomic E-state index is 12.8. The fourth-order valence-corrected chi connectivity index (χ4v) is 3.66. The van der Waals surface area contributed by atoms with Crippen LogP contribution in [0.4, 0.5) is 0 Å². The van der Waals surface area contributed by atoms with Crippen molar-refractivity contribution in [1.29, 1.82) is 0 Å². The Balaban J connectivity index is 1.58. The lowest BCUT2D eigenvalue weighted by molar-refractivity contribution is 0.230. The van der Waals surface area contributed by atoms with Crippen molar-refractivity contribution in [3.63, 3.8) is 0 Å². The average molecular weight is 400 g/mol. The van der Waals surface area contributed by atoms with Crippen molar-refractivity contribution in [2.24, 2.45) is 0 Å². The minimum Gasteiger partial charge on any atom is -0.493 e. The molecule has 0 atom stereocenters. The second-order valence-electron chi connectivity index (χ2n) is 6.81. The largest absolute Gasteiger partial charge is 0.493 e. The molecule has 1 fully saturated rings. The van der Waals surface area contributed by atoms with Crippen molar-refractivity contribution in [2.75, 3.05) is 33.4 Å². The van der Waals surface area contributed by atoms with Crippen LogP contribution >= 0.6 is 11.6 Å². The van der Waals surface area contributed by atoms with Crippen molar-refractivity contribution in [3.8, 4) is 17.2 Å². The van der Waals surface area contributed by atoms with Gasteiger partial charge in [0.25, 0.3) is 5.56 Å². The summed E-state index contributed by atoms with van der Waals surface area (Å²) in [5, 5.41) is 1.06. The standard InChI is InChI=1S/C21H22ClN3O3/c1-27-20-13-16(5-7-19(20)28-11-10-24-8-2-3-9-24)25-14-23-18-12-15(22)4-6-17(18)21(25)26/h4-7,12-14H,2-3,8-11H2,1H3. The van der Waals surface area contributed by atoms with E-state index in [-0.39, 0.29) is 5.56 Å². The molecule has 0 aliphatic carbocycles. The Morgan fingerprint density at radius 3 is 2.71 bits per heavy atom. The minimum absolute atomic E-state index is 0.161. The minimum atomic E-state index is -0.161. The van der Waals surface area contributed by atoms with Gasteiger partial charge in [-0.1, -0.05) is 11.6 Å². The number of nitrogens with zero attached hydrogens (tertiary/aromatic N) is 3. The van der Waals surface area contributed by atoms with Crippen molar-refractivity contribution in [3.05, 3.63) is 58.1 Å². The summed E-state index contributed by atoms with van der Waals surface area (Å²) in [5.74, 6) is 1.25. The van der Waals surface area contributed by atoms with Crippen LogP contribution in [0.5, 0.6) is 11.5 Å². The van der Waals surface area contributed by atoms with Gasteiger partial charge in [0.05, 0.1) is 23.7 Å². The Bertz CT molecular complexity index is 1040. The van der Waals surface area contributed by atoms with Crippen LogP contribution in [-0.4, -0.2) is 47.8 Å². The average Bonchev–Trinajstić information content (AvgIpc) is 3.22. The zero-order valence-corrected chi connectivity index (χ0v) is 16.5. The summed E-state index contributed by atoms with van der Waals surface area (Å²) in [7, 11) is 1.59. The van der Waals surface area contributed by atoms with E-state index < -0.39 is 0 Å². The number of rotatable bonds is 6. The molecule has 0 N–H and O–H groups in total. The molecule has 146 valence electrons. The Labute approximate surface area is 168 Å². The second kappa shape index (κ2) is 8.20. The molecule has 1 aliphatic rings. The topological polar surface area (TPSA) is 56.6 Å². The van der Waals surface area contributed by atoms with Gasteiger partial charge >= 0.3 is 0 Å². The Hall–Kier alpha value is -2.57. The fraction of sp³-hybridized carbons (Fsp3) is 0.333. The highest BCUT2D eigenvalue weighted by Crippen LogP contribution is 2.29. The van der Waals surface area contributed by atoms with Crippen molar-refractivity contribution >= 4 is 22.5 Å². The van der Waals surface area contributed by atoms with Crippen LogP contribution in [0.25, 0.3) is 16.6 Å². The van der Waals surface area contributed by atoms with Crippen LogP contribution in [0.3, 0.4) is 0 Å². The van der Waals surface area contributed by atoms with Gasteiger partial charge in [0.2, 0.25) is 0 Å². The zero-order valence-electron chi connectivity index (χ0n) is 15.7. The van der Waals surface area contributed by atoms with E-state index in [4.69, 9.17) is 21.1 Å². The van der Waals surface area contributed by atoms with E-state index in [0.29, 0.717) is 39.7 Å². The van der Waals surface area contributed by atoms with E-state index >= 15 is 0 Å². The van der Waals surface area contributed by atoms with Crippen LogP contribution in [0.1, 0.15) is 12.8 Å². The molecule has 0 bridgehead atoms. The highest BCUT2D eigenvalue weighted by molar-refractivity contribution is 6.31. The van der Waals surface area contributed by atoms with Crippen LogP contribution in [-0.2, 0) is 0 Å². The molecule has 7 heteroatoms. The van der Waals surface area contributed by atoms with Crippen molar-refractivity contribution in [2.45, 2.75) is 12.8 Å². The highest BCUT2D eigenvalue weighted by atomic mass is 35.5. The molecule has 2 heterocycles. The van der Waals surface area contributed by atoms with Crippen LogP contribution < -0.4 is 15.0 Å². The molecule has 0 spiro atoms. The Kier molecular flexibility index (Phi) is 5.50. The third-order valence-corrected chi connectivity index (χ3v) is 5.25. The predicted octanol–water partition coefficient (Wildman–Crippen LogP) is 3.52. The lowest BCUT2D eigenvalue weighted by Gasteiger charge is -2.17. The van der Waals surface area contributed by atoms with Crippen LogP contribution in [0.15, 0.2) is 47.5 Å². The van der Waals surface area contributed by atoms with Gasteiger partial charge in [-0.25, -0.2) is 4.98 Å². The number of benzene rings is 2. The molecular formula is C21H22ClN3O3.